The normalized spacial score (nSPS) is 12.2. The van der Waals surface area contributed by atoms with Gasteiger partial charge in [-0.25, -0.2) is 0 Å². The molecule has 64 valence electrons. The Hall–Kier alpha value is -0.690. The molecule has 0 saturated heterocycles. The van der Waals surface area contributed by atoms with Crippen molar-refractivity contribution in [2.45, 2.75) is 52.0 Å². The maximum atomic E-state index is 8.10. The summed E-state index contributed by atoms with van der Waals surface area (Å²) in [6.45, 7) is 4.16. The summed E-state index contributed by atoms with van der Waals surface area (Å²) in [4.78, 5) is 2.76. The Kier molecular flexibility index (Phi) is 6.95. The summed E-state index contributed by atoms with van der Waals surface area (Å²) in [6, 6.07) is 0.178. The first kappa shape index (κ1) is 10.3. The first-order valence-electron chi connectivity index (χ1n) is 4.35. The van der Waals surface area contributed by atoms with E-state index >= 15 is 0 Å². The molecule has 3 heteroatoms. The first-order chi connectivity index (χ1) is 5.31. The van der Waals surface area contributed by atoms with E-state index in [1.54, 1.807) is 0 Å². The lowest BCUT2D eigenvalue weighted by molar-refractivity contribution is 0.573. The monoisotopic (exact) mass is 155 g/mol. The van der Waals surface area contributed by atoms with Crippen LogP contribution in [-0.4, -0.2) is 6.04 Å². The topological polar surface area (TPSA) is 48.8 Å². The minimum Gasteiger partial charge on any atom is -0.0909 e. The van der Waals surface area contributed by atoms with Crippen LogP contribution >= 0.6 is 0 Å². The van der Waals surface area contributed by atoms with Gasteiger partial charge in [0.15, 0.2) is 0 Å². The summed E-state index contributed by atoms with van der Waals surface area (Å²) in [5, 5.41) is 3.60. The van der Waals surface area contributed by atoms with Crippen LogP contribution in [0.2, 0.25) is 0 Å². The number of azide groups is 1. The second-order valence-corrected chi connectivity index (χ2v) is 2.90. The minimum absolute atomic E-state index is 0.178. The molecule has 0 unspecified atom stereocenters. The van der Waals surface area contributed by atoms with Crippen molar-refractivity contribution >= 4 is 0 Å². The number of unbranched alkanes of at least 4 members (excludes halogenated alkanes) is 3. The quantitative estimate of drug-likeness (QED) is 0.243. The summed E-state index contributed by atoms with van der Waals surface area (Å²) >= 11 is 0. The Balaban J connectivity index is 3.17. The number of hydrogen-bond acceptors (Lipinski definition) is 1. The predicted octanol–water partition coefficient (Wildman–Crippen LogP) is 3.66. The summed E-state index contributed by atoms with van der Waals surface area (Å²) in [5.74, 6) is 0. The van der Waals surface area contributed by atoms with Gasteiger partial charge in [0, 0.05) is 11.0 Å². The van der Waals surface area contributed by atoms with E-state index in [1.165, 1.54) is 25.7 Å². The number of nitrogens with zero attached hydrogens (tertiary/aromatic N) is 3. The highest BCUT2D eigenvalue weighted by Gasteiger charge is 1.96. The lowest BCUT2D eigenvalue weighted by Crippen LogP contribution is -1.95. The molecular formula is C8H17N3. The number of hydrogen-bond donors (Lipinski definition) is 0. The molecule has 3 nitrogen and oxygen atoms in total. The molecule has 0 rings (SSSR count). The molecule has 1 atom stereocenters. The molecule has 0 bridgehead atoms. The molecule has 0 fully saturated rings. The minimum atomic E-state index is 0.178. The molecule has 0 aliphatic heterocycles. The zero-order valence-electron chi connectivity index (χ0n) is 7.45. The Morgan fingerprint density at radius 2 is 2.09 bits per heavy atom. The van der Waals surface area contributed by atoms with E-state index in [2.05, 4.69) is 16.9 Å². The molecule has 0 radical (unpaired) electrons. The van der Waals surface area contributed by atoms with Gasteiger partial charge in [0.25, 0.3) is 0 Å². The fourth-order valence-electron chi connectivity index (χ4n) is 1.01. The van der Waals surface area contributed by atoms with Crippen molar-refractivity contribution in [2.75, 3.05) is 0 Å². The zero-order valence-corrected chi connectivity index (χ0v) is 7.45. The lowest BCUT2D eigenvalue weighted by Gasteiger charge is -2.02. The average molecular weight is 155 g/mol. The van der Waals surface area contributed by atoms with Gasteiger partial charge in [-0.3, -0.25) is 0 Å². The average Bonchev–Trinajstić information content (AvgIpc) is 1.99. The van der Waals surface area contributed by atoms with Crippen molar-refractivity contribution in [3.63, 3.8) is 0 Å². The maximum Gasteiger partial charge on any atom is 0.0345 e. The van der Waals surface area contributed by atoms with E-state index in [9.17, 15) is 0 Å². The predicted molar refractivity (Wildman–Crippen MR) is 47.4 cm³/mol. The summed E-state index contributed by atoms with van der Waals surface area (Å²) in [6.07, 6.45) is 6.04. The third-order valence-corrected chi connectivity index (χ3v) is 1.72. The highest BCUT2D eigenvalue weighted by molar-refractivity contribution is 4.59. The van der Waals surface area contributed by atoms with Crippen molar-refractivity contribution < 1.29 is 0 Å². The molecule has 0 N–H and O–H groups in total. The van der Waals surface area contributed by atoms with E-state index in [1.807, 2.05) is 6.92 Å². The van der Waals surface area contributed by atoms with Crippen molar-refractivity contribution in [3.05, 3.63) is 10.4 Å². The summed E-state index contributed by atoms with van der Waals surface area (Å²) in [5.41, 5.74) is 8.10. The molecule has 0 aliphatic carbocycles. The van der Waals surface area contributed by atoms with Crippen LogP contribution in [0.4, 0.5) is 0 Å². The van der Waals surface area contributed by atoms with Gasteiger partial charge >= 0.3 is 0 Å². The summed E-state index contributed by atoms with van der Waals surface area (Å²) < 4.78 is 0. The molecule has 0 aromatic heterocycles. The highest BCUT2D eigenvalue weighted by Crippen LogP contribution is 2.07. The van der Waals surface area contributed by atoms with E-state index < -0.39 is 0 Å². The van der Waals surface area contributed by atoms with Crippen LogP contribution in [0.1, 0.15) is 46.0 Å². The van der Waals surface area contributed by atoms with Gasteiger partial charge in [0.05, 0.1) is 0 Å². The van der Waals surface area contributed by atoms with Crippen LogP contribution in [0.3, 0.4) is 0 Å². The fraction of sp³-hybridized carbons (Fsp3) is 1.00. The van der Waals surface area contributed by atoms with Gasteiger partial charge in [0.1, 0.15) is 0 Å². The molecule has 0 spiro atoms. The Morgan fingerprint density at radius 3 is 2.64 bits per heavy atom. The van der Waals surface area contributed by atoms with Crippen LogP contribution < -0.4 is 0 Å². The van der Waals surface area contributed by atoms with E-state index in [0.29, 0.717) is 0 Å². The summed E-state index contributed by atoms with van der Waals surface area (Å²) in [7, 11) is 0. The van der Waals surface area contributed by atoms with Crippen molar-refractivity contribution in [2.24, 2.45) is 5.11 Å². The van der Waals surface area contributed by atoms with Gasteiger partial charge in [-0.15, -0.1) is 0 Å². The van der Waals surface area contributed by atoms with Crippen molar-refractivity contribution in [1.29, 1.82) is 0 Å². The molecule has 0 heterocycles. The largest absolute Gasteiger partial charge is 0.0909 e. The molecule has 0 amide bonds. The molecule has 0 aromatic carbocycles. The van der Waals surface area contributed by atoms with Gasteiger partial charge in [-0.05, 0) is 12.0 Å². The third kappa shape index (κ3) is 7.20. The van der Waals surface area contributed by atoms with Crippen LogP contribution in [0.15, 0.2) is 5.11 Å². The highest BCUT2D eigenvalue weighted by atomic mass is 15.1. The van der Waals surface area contributed by atoms with Crippen molar-refractivity contribution in [1.82, 2.24) is 0 Å². The Morgan fingerprint density at radius 1 is 1.36 bits per heavy atom. The smallest absolute Gasteiger partial charge is 0.0345 e. The molecular weight excluding hydrogens is 138 g/mol. The van der Waals surface area contributed by atoms with Gasteiger partial charge in [0.2, 0.25) is 0 Å². The maximum absolute atomic E-state index is 8.10. The zero-order chi connectivity index (χ0) is 8.53. The second-order valence-electron chi connectivity index (χ2n) is 2.90. The Bertz CT molecular complexity index is 127. The van der Waals surface area contributed by atoms with Gasteiger partial charge in [-0.2, -0.15) is 0 Å². The molecule has 0 aromatic rings. The van der Waals surface area contributed by atoms with Crippen LogP contribution in [-0.2, 0) is 0 Å². The molecule has 0 aliphatic rings. The van der Waals surface area contributed by atoms with Gasteiger partial charge < -0.3 is 0 Å². The van der Waals surface area contributed by atoms with E-state index in [0.717, 1.165) is 6.42 Å². The van der Waals surface area contributed by atoms with Gasteiger partial charge in [-0.1, -0.05) is 44.6 Å². The first-order valence-corrected chi connectivity index (χ1v) is 4.35. The molecule has 11 heavy (non-hydrogen) atoms. The second kappa shape index (κ2) is 7.42. The SMILES string of the molecule is CCCCCC[C@@H](C)N=[N+]=[N-]. The van der Waals surface area contributed by atoms with E-state index in [-0.39, 0.29) is 6.04 Å². The van der Waals surface area contributed by atoms with Crippen molar-refractivity contribution in [3.8, 4) is 0 Å². The van der Waals surface area contributed by atoms with Crippen LogP contribution in [0.5, 0.6) is 0 Å². The van der Waals surface area contributed by atoms with Crippen LogP contribution in [0.25, 0.3) is 10.4 Å². The standard InChI is InChI=1S/C8H17N3/c1-3-4-5-6-7-8(2)10-11-9/h8H,3-7H2,1-2H3/t8-/m1/s1. The van der Waals surface area contributed by atoms with E-state index in [4.69, 9.17) is 5.53 Å². The molecule has 0 saturated carbocycles. The van der Waals surface area contributed by atoms with Crippen LogP contribution in [0, 0.1) is 0 Å². The third-order valence-electron chi connectivity index (χ3n) is 1.72. The Labute approximate surface area is 68.4 Å². The lowest BCUT2D eigenvalue weighted by atomic mass is 10.1. The fourth-order valence-corrected chi connectivity index (χ4v) is 1.01. The number of rotatable bonds is 6.